The van der Waals surface area contributed by atoms with Crippen LogP contribution in [0.25, 0.3) is 0 Å². The zero-order valence-corrected chi connectivity index (χ0v) is 8.50. The van der Waals surface area contributed by atoms with E-state index in [2.05, 4.69) is 0 Å². The second kappa shape index (κ2) is 5.13. The molecule has 0 radical (unpaired) electrons. The number of rotatable bonds is 4. The third-order valence-electron chi connectivity index (χ3n) is 2.06. The van der Waals surface area contributed by atoms with E-state index >= 15 is 0 Å². The molecule has 5 N–H and O–H groups in total. The van der Waals surface area contributed by atoms with Crippen LogP contribution in [-0.2, 0) is 4.79 Å². The molecule has 6 heteroatoms. The molecule has 1 rings (SSSR count). The molecule has 0 aromatic heterocycles. The standard InChI is InChI=1S/C10H13N3O3/c11-10(12)13(8(6-14)9(15)16)7-4-2-1-3-5-7/h1-5,8,14H,6H2,(H3,11,12)(H,15,16)/t8-/m0/s1. The van der Waals surface area contributed by atoms with E-state index in [4.69, 9.17) is 21.4 Å². The average Bonchev–Trinajstić information content (AvgIpc) is 2.25. The van der Waals surface area contributed by atoms with E-state index in [1.165, 1.54) is 0 Å². The molecule has 1 aromatic carbocycles. The molecule has 0 heterocycles. The molecule has 0 spiro atoms. The zero-order valence-electron chi connectivity index (χ0n) is 8.50. The molecule has 0 saturated heterocycles. The normalized spacial score (nSPS) is 11.8. The summed E-state index contributed by atoms with van der Waals surface area (Å²) < 4.78 is 0. The van der Waals surface area contributed by atoms with Crippen molar-refractivity contribution in [3.05, 3.63) is 30.3 Å². The molecule has 16 heavy (non-hydrogen) atoms. The van der Waals surface area contributed by atoms with Gasteiger partial charge in [0.05, 0.1) is 6.61 Å². The fourth-order valence-electron chi connectivity index (χ4n) is 1.35. The van der Waals surface area contributed by atoms with Gasteiger partial charge >= 0.3 is 5.97 Å². The minimum atomic E-state index is -1.25. The highest BCUT2D eigenvalue weighted by Gasteiger charge is 2.27. The maximum Gasteiger partial charge on any atom is 0.329 e. The van der Waals surface area contributed by atoms with Crippen molar-refractivity contribution in [3.63, 3.8) is 0 Å². The summed E-state index contributed by atoms with van der Waals surface area (Å²) in [5.41, 5.74) is 5.77. The van der Waals surface area contributed by atoms with Crippen molar-refractivity contribution in [2.75, 3.05) is 11.5 Å². The highest BCUT2D eigenvalue weighted by molar-refractivity contribution is 5.98. The van der Waals surface area contributed by atoms with Gasteiger partial charge in [-0.1, -0.05) is 18.2 Å². The largest absolute Gasteiger partial charge is 0.480 e. The zero-order chi connectivity index (χ0) is 12.1. The van der Waals surface area contributed by atoms with E-state index in [9.17, 15) is 4.79 Å². The number of hydrogen-bond acceptors (Lipinski definition) is 3. The highest BCUT2D eigenvalue weighted by Crippen LogP contribution is 2.15. The quantitative estimate of drug-likeness (QED) is 0.418. The number of hydrogen-bond donors (Lipinski definition) is 4. The summed E-state index contributed by atoms with van der Waals surface area (Å²) in [6, 6.07) is 7.14. The Bertz CT molecular complexity index is 380. The number of guanidine groups is 1. The number of nitrogens with one attached hydrogen (secondary N) is 1. The van der Waals surface area contributed by atoms with Crippen LogP contribution < -0.4 is 10.6 Å². The number of carboxylic acids is 1. The number of aliphatic hydroxyl groups is 1. The van der Waals surface area contributed by atoms with E-state index in [1.54, 1.807) is 30.3 Å². The Hall–Kier alpha value is -2.08. The average molecular weight is 223 g/mol. The lowest BCUT2D eigenvalue weighted by molar-refractivity contribution is -0.139. The van der Waals surface area contributed by atoms with Gasteiger partial charge < -0.3 is 15.9 Å². The molecule has 0 bridgehead atoms. The fourth-order valence-corrected chi connectivity index (χ4v) is 1.35. The number of nitrogens with zero attached hydrogens (tertiary/aromatic N) is 1. The molecule has 86 valence electrons. The van der Waals surface area contributed by atoms with Gasteiger partial charge in [0.15, 0.2) is 12.0 Å². The predicted octanol–water partition coefficient (Wildman–Crippen LogP) is -0.168. The number of aliphatic hydroxyl groups excluding tert-OH is 1. The van der Waals surface area contributed by atoms with Crippen LogP contribution in [0.2, 0.25) is 0 Å². The smallest absolute Gasteiger partial charge is 0.329 e. The third kappa shape index (κ3) is 2.48. The SMILES string of the molecule is N=C(N)N(c1ccccc1)[C@@H](CO)C(=O)O. The van der Waals surface area contributed by atoms with E-state index in [0.29, 0.717) is 5.69 Å². The van der Waals surface area contributed by atoms with Crippen LogP contribution >= 0.6 is 0 Å². The summed E-state index contributed by atoms with van der Waals surface area (Å²) in [5, 5.41) is 25.2. The summed E-state index contributed by atoms with van der Waals surface area (Å²) >= 11 is 0. The van der Waals surface area contributed by atoms with E-state index in [1.807, 2.05) is 0 Å². The van der Waals surface area contributed by atoms with Gasteiger partial charge in [-0.15, -0.1) is 0 Å². The Labute approximate surface area is 92.4 Å². The first-order chi connectivity index (χ1) is 7.57. The minimum Gasteiger partial charge on any atom is -0.480 e. The maximum atomic E-state index is 10.9. The molecule has 0 amide bonds. The van der Waals surface area contributed by atoms with Crippen molar-refractivity contribution in [1.29, 1.82) is 5.41 Å². The predicted molar refractivity (Wildman–Crippen MR) is 59.3 cm³/mol. The van der Waals surface area contributed by atoms with Crippen LogP contribution in [0.3, 0.4) is 0 Å². The summed E-state index contributed by atoms with van der Waals surface area (Å²) in [4.78, 5) is 12.0. The Morgan fingerprint density at radius 3 is 2.38 bits per heavy atom. The van der Waals surface area contributed by atoms with Gasteiger partial charge in [-0.05, 0) is 12.1 Å². The molecule has 0 unspecified atom stereocenters. The van der Waals surface area contributed by atoms with Crippen LogP contribution in [0.5, 0.6) is 0 Å². The summed E-state index contributed by atoms with van der Waals surface area (Å²) in [5.74, 6) is -1.66. The number of benzene rings is 1. The number of aliphatic carboxylic acids is 1. The van der Waals surface area contributed by atoms with Gasteiger partial charge in [-0.25, -0.2) is 4.79 Å². The molecule has 0 aliphatic carbocycles. The van der Waals surface area contributed by atoms with E-state index < -0.39 is 24.6 Å². The van der Waals surface area contributed by atoms with Crippen molar-refractivity contribution in [1.82, 2.24) is 0 Å². The summed E-state index contributed by atoms with van der Waals surface area (Å²) in [6.45, 7) is -0.621. The molecule has 0 fully saturated rings. The summed E-state index contributed by atoms with van der Waals surface area (Å²) in [7, 11) is 0. The first kappa shape index (κ1) is 12.0. The van der Waals surface area contributed by atoms with Crippen LogP contribution in [-0.4, -0.2) is 34.8 Å². The van der Waals surface area contributed by atoms with Gasteiger partial charge in [0.25, 0.3) is 0 Å². The topological polar surface area (TPSA) is 111 Å². The summed E-state index contributed by atoms with van der Waals surface area (Å²) in [6.07, 6.45) is 0. The lowest BCUT2D eigenvalue weighted by Crippen LogP contribution is -2.50. The van der Waals surface area contributed by atoms with Crippen LogP contribution in [0.4, 0.5) is 5.69 Å². The van der Waals surface area contributed by atoms with Crippen molar-refractivity contribution in [2.24, 2.45) is 5.73 Å². The lowest BCUT2D eigenvalue weighted by Gasteiger charge is -2.27. The van der Waals surface area contributed by atoms with Gasteiger partial charge in [0.1, 0.15) is 0 Å². The second-order valence-corrected chi connectivity index (χ2v) is 3.13. The van der Waals surface area contributed by atoms with Gasteiger partial charge in [0, 0.05) is 5.69 Å². The molecular formula is C10H13N3O3. The Kier molecular flexibility index (Phi) is 3.84. The van der Waals surface area contributed by atoms with Gasteiger partial charge in [-0.3, -0.25) is 10.3 Å². The van der Waals surface area contributed by atoms with Crippen molar-refractivity contribution < 1.29 is 15.0 Å². The number of carboxylic acid groups (broad SMARTS) is 1. The third-order valence-corrected chi connectivity index (χ3v) is 2.06. The highest BCUT2D eigenvalue weighted by atomic mass is 16.4. The maximum absolute atomic E-state index is 10.9. The molecule has 1 aromatic rings. The van der Waals surface area contributed by atoms with E-state index in [0.717, 1.165) is 4.90 Å². The first-order valence-corrected chi connectivity index (χ1v) is 4.60. The lowest BCUT2D eigenvalue weighted by atomic mass is 10.2. The van der Waals surface area contributed by atoms with Crippen molar-refractivity contribution in [3.8, 4) is 0 Å². The monoisotopic (exact) mass is 223 g/mol. The van der Waals surface area contributed by atoms with Crippen molar-refractivity contribution >= 4 is 17.6 Å². The van der Waals surface area contributed by atoms with E-state index in [-0.39, 0.29) is 0 Å². The van der Waals surface area contributed by atoms with Crippen molar-refractivity contribution in [2.45, 2.75) is 6.04 Å². The molecule has 1 atom stereocenters. The Morgan fingerprint density at radius 1 is 1.44 bits per heavy atom. The Morgan fingerprint density at radius 2 is 2.00 bits per heavy atom. The number of para-hydroxylation sites is 1. The number of anilines is 1. The van der Waals surface area contributed by atoms with Gasteiger partial charge in [-0.2, -0.15) is 0 Å². The number of carbonyl (C=O) groups is 1. The molecule has 6 nitrogen and oxygen atoms in total. The van der Waals surface area contributed by atoms with Crippen LogP contribution in [0.15, 0.2) is 30.3 Å². The van der Waals surface area contributed by atoms with Gasteiger partial charge in [0.2, 0.25) is 0 Å². The first-order valence-electron chi connectivity index (χ1n) is 4.60. The number of nitrogens with two attached hydrogens (primary N) is 1. The fraction of sp³-hybridized carbons (Fsp3) is 0.200. The molecule has 0 aliphatic rings. The Balaban J connectivity index is 3.09. The molecular weight excluding hydrogens is 210 g/mol. The van der Waals surface area contributed by atoms with Crippen LogP contribution in [0.1, 0.15) is 0 Å². The minimum absolute atomic E-state index is 0.423. The van der Waals surface area contributed by atoms with Crippen LogP contribution in [0, 0.1) is 5.41 Å². The molecule has 0 aliphatic heterocycles. The second-order valence-electron chi connectivity index (χ2n) is 3.13. The molecule has 0 saturated carbocycles.